The Balaban J connectivity index is 0.000000140. The van der Waals surface area contributed by atoms with E-state index in [0.717, 1.165) is 16.0 Å². The topological polar surface area (TPSA) is 62.2 Å². The Hall–Kier alpha value is -2.79. The van der Waals surface area contributed by atoms with E-state index in [4.69, 9.17) is 5.11 Å². The van der Waals surface area contributed by atoms with Crippen molar-refractivity contribution in [3.8, 4) is 0 Å². The molecule has 4 rings (SSSR count). The molecular formula is C18H14N2O2S. The number of pyridine rings is 1. The van der Waals surface area contributed by atoms with Crippen molar-refractivity contribution in [1.29, 1.82) is 0 Å². The molecule has 0 bridgehead atoms. The van der Waals surface area contributed by atoms with E-state index in [9.17, 15) is 4.79 Å². The van der Waals surface area contributed by atoms with Crippen LogP contribution < -0.4 is 4.72 Å². The first-order valence-electron chi connectivity index (χ1n) is 7.01. The number of carboxylic acids is 1. The minimum atomic E-state index is -0.929. The van der Waals surface area contributed by atoms with Gasteiger partial charge in [-0.25, -0.2) is 4.79 Å². The molecule has 0 fully saturated rings. The summed E-state index contributed by atoms with van der Waals surface area (Å²) in [4.78, 5) is 15.8. The smallest absolute Gasteiger partial charge is 0.352 e. The highest BCUT2D eigenvalue weighted by Gasteiger charge is 2.14. The van der Waals surface area contributed by atoms with Crippen molar-refractivity contribution in [3.05, 3.63) is 78.1 Å². The lowest BCUT2D eigenvalue weighted by atomic mass is 10.2. The summed E-state index contributed by atoms with van der Waals surface area (Å²) in [5.74, 6) is -0.929. The van der Waals surface area contributed by atoms with Gasteiger partial charge in [-0.15, -0.1) is 0 Å². The molecule has 2 heterocycles. The minimum Gasteiger partial charge on any atom is -0.477 e. The monoisotopic (exact) mass is 322 g/mol. The number of aromatic nitrogens is 1. The van der Waals surface area contributed by atoms with Gasteiger partial charge in [0.05, 0.1) is 5.52 Å². The molecule has 0 spiro atoms. The molecule has 2 N–H and O–H groups in total. The van der Waals surface area contributed by atoms with Crippen LogP contribution in [-0.4, -0.2) is 16.1 Å². The molecule has 0 saturated heterocycles. The number of benzene rings is 2. The van der Waals surface area contributed by atoms with Crippen molar-refractivity contribution in [2.75, 3.05) is 0 Å². The van der Waals surface area contributed by atoms with Crippen LogP contribution in [0.2, 0.25) is 0 Å². The third-order valence-corrected chi connectivity index (χ3v) is 4.15. The Bertz CT molecular complexity index is 812. The van der Waals surface area contributed by atoms with Crippen LogP contribution in [0.4, 0.5) is 0 Å². The van der Waals surface area contributed by atoms with E-state index < -0.39 is 5.97 Å². The summed E-state index contributed by atoms with van der Waals surface area (Å²) in [7, 11) is 0. The Morgan fingerprint density at radius 1 is 1.00 bits per heavy atom. The number of para-hydroxylation sites is 1. The summed E-state index contributed by atoms with van der Waals surface area (Å²) >= 11 is 1.33. The average Bonchev–Trinajstić information content (AvgIpc) is 2.62. The number of carboxylic acid groups (broad SMARTS) is 1. The first-order chi connectivity index (χ1) is 11.2. The van der Waals surface area contributed by atoms with Gasteiger partial charge in [0.2, 0.25) is 0 Å². The van der Waals surface area contributed by atoms with Gasteiger partial charge in [0.25, 0.3) is 0 Å². The van der Waals surface area contributed by atoms with E-state index in [2.05, 4.69) is 21.8 Å². The SMILES string of the molecule is O=C(O)C1=Cc2ccccc2SN1.c1ccc2ncccc2c1. The zero-order chi connectivity index (χ0) is 16.1. The van der Waals surface area contributed by atoms with Crippen molar-refractivity contribution in [2.24, 2.45) is 0 Å². The standard InChI is InChI=1S/C9H7NO2S.C9H7N/c11-9(12)7-5-6-3-1-2-4-8(6)13-10-7;1-2-6-9-8(4-1)5-3-7-10-9/h1-5,10H,(H,11,12);1-7H. The van der Waals surface area contributed by atoms with Gasteiger partial charge in [0, 0.05) is 16.5 Å². The Morgan fingerprint density at radius 2 is 1.74 bits per heavy atom. The second-order valence-electron chi connectivity index (χ2n) is 4.80. The van der Waals surface area contributed by atoms with Crippen molar-refractivity contribution in [2.45, 2.75) is 4.90 Å². The van der Waals surface area contributed by atoms with Crippen molar-refractivity contribution >= 4 is 34.9 Å². The van der Waals surface area contributed by atoms with Gasteiger partial charge in [0.1, 0.15) is 5.70 Å². The third-order valence-electron chi connectivity index (χ3n) is 3.23. The highest BCUT2D eigenvalue weighted by Crippen LogP contribution is 2.27. The maximum Gasteiger partial charge on any atom is 0.352 e. The molecular weight excluding hydrogens is 308 g/mol. The molecule has 0 unspecified atom stereocenters. The predicted octanol–water partition coefficient (Wildman–Crippen LogP) is 3.96. The van der Waals surface area contributed by atoms with Crippen LogP contribution in [-0.2, 0) is 4.79 Å². The summed E-state index contributed by atoms with van der Waals surface area (Å²) < 4.78 is 2.75. The van der Waals surface area contributed by atoms with Gasteiger partial charge < -0.3 is 9.83 Å². The molecule has 0 radical (unpaired) electrons. The predicted molar refractivity (Wildman–Crippen MR) is 92.8 cm³/mol. The van der Waals surface area contributed by atoms with Crippen LogP contribution in [0.15, 0.2) is 77.5 Å². The zero-order valence-corrected chi connectivity index (χ0v) is 13.0. The molecule has 1 aliphatic heterocycles. The van der Waals surface area contributed by atoms with E-state index in [1.54, 1.807) is 6.08 Å². The number of carbonyl (C=O) groups is 1. The molecule has 4 nitrogen and oxygen atoms in total. The number of nitrogens with zero attached hydrogens (tertiary/aromatic N) is 1. The first-order valence-corrected chi connectivity index (χ1v) is 7.82. The maximum atomic E-state index is 10.6. The van der Waals surface area contributed by atoms with Crippen LogP contribution in [0, 0.1) is 0 Å². The zero-order valence-electron chi connectivity index (χ0n) is 12.1. The van der Waals surface area contributed by atoms with Gasteiger partial charge in [0.15, 0.2) is 0 Å². The molecule has 0 atom stereocenters. The second-order valence-corrected chi connectivity index (χ2v) is 5.65. The lowest BCUT2D eigenvalue weighted by molar-refractivity contribution is -0.132. The number of aliphatic carboxylic acids is 1. The van der Waals surface area contributed by atoms with E-state index in [1.807, 2.05) is 54.7 Å². The fraction of sp³-hybridized carbons (Fsp3) is 0. The summed E-state index contributed by atoms with van der Waals surface area (Å²) in [5.41, 5.74) is 2.23. The minimum absolute atomic E-state index is 0.226. The van der Waals surface area contributed by atoms with Crippen LogP contribution >= 0.6 is 11.9 Å². The van der Waals surface area contributed by atoms with Crippen LogP contribution in [0.5, 0.6) is 0 Å². The largest absolute Gasteiger partial charge is 0.477 e. The molecule has 0 amide bonds. The highest BCUT2D eigenvalue weighted by molar-refractivity contribution is 7.97. The van der Waals surface area contributed by atoms with Gasteiger partial charge in [-0.3, -0.25) is 4.98 Å². The lowest BCUT2D eigenvalue weighted by Gasteiger charge is -2.14. The molecule has 3 aromatic rings. The van der Waals surface area contributed by atoms with Crippen LogP contribution in [0.1, 0.15) is 5.56 Å². The van der Waals surface area contributed by atoms with Gasteiger partial charge in [-0.05, 0) is 41.8 Å². The fourth-order valence-corrected chi connectivity index (χ4v) is 2.87. The molecule has 5 heteroatoms. The molecule has 0 saturated carbocycles. The third kappa shape index (κ3) is 3.70. The number of rotatable bonds is 1. The molecule has 0 aliphatic carbocycles. The second kappa shape index (κ2) is 6.98. The van der Waals surface area contributed by atoms with E-state index in [0.29, 0.717) is 0 Å². The quantitative estimate of drug-likeness (QED) is 0.664. The van der Waals surface area contributed by atoms with Crippen LogP contribution in [0.25, 0.3) is 17.0 Å². The van der Waals surface area contributed by atoms with E-state index in [-0.39, 0.29) is 5.70 Å². The molecule has 1 aromatic heterocycles. The van der Waals surface area contributed by atoms with Crippen molar-refractivity contribution < 1.29 is 9.90 Å². The molecule has 114 valence electrons. The van der Waals surface area contributed by atoms with Crippen molar-refractivity contribution in [1.82, 2.24) is 9.71 Å². The number of hydrogen-bond donors (Lipinski definition) is 2. The number of fused-ring (bicyclic) bond motifs is 2. The fourth-order valence-electron chi connectivity index (χ4n) is 2.11. The first kappa shape index (κ1) is 15.1. The molecule has 23 heavy (non-hydrogen) atoms. The Kier molecular flexibility index (Phi) is 4.59. The summed E-state index contributed by atoms with van der Waals surface area (Å²) in [6.45, 7) is 0. The van der Waals surface area contributed by atoms with Crippen LogP contribution in [0.3, 0.4) is 0 Å². The van der Waals surface area contributed by atoms with E-state index in [1.165, 1.54) is 17.3 Å². The van der Waals surface area contributed by atoms with E-state index >= 15 is 0 Å². The number of nitrogens with one attached hydrogen (secondary N) is 1. The van der Waals surface area contributed by atoms with Crippen molar-refractivity contribution in [3.63, 3.8) is 0 Å². The van der Waals surface area contributed by atoms with Gasteiger partial charge in [-0.1, -0.05) is 42.5 Å². The molecule has 2 aromatic carbocycles. The van der Waals surface area contributed by atoms with Gasteiger partial charge in [-0.2, -0.15) is 0 Å². The summed E-state index contributed by atoms with van der Waals surface area (Å²) in [5, 5.41) is 9.92. The molecule has 1 aliphatic rings. The Morgan fingerprint density at radius 3 is 2.57 bits per heavy atom. The summed E-state index contributed by atoms with van der Waals surface area (Å²) in [6.07, 6.45) is 3.44. The normalized spacial score (nSPS) is 12.3. The summed E-state index contributed by atoms with van der Waals surface area (Å²) in [6, 6.07) is 19.7. The lowest BCUT2D eigenvalue weighted by Crippen LogP contribution is -2.16. The maximum absolute atomic E-state index is 10.6. The van der Waals surface area contributed by atoms with Gasteiger partial charge >= 0.3 is 5.97 Å². The highest BCUT2D eigenvalue weighted by atomic mass is 32.2. The number of hydrogen-bond acceptors (Lipinski definition) is 4. The Labute approximate surface area is 138 Å². The average molecular weight is 322 g/mol.